The molecule has 0 aromatic carbocycles. The van der Waals surface area contributed by atoms with Gasteiger partial charge in [0.25, 0.3) is 0 Å². The first-order chi connectivity index (χ1) is 9.54. The van der Waals surface area contributed by atoms with E-state index < -0.39 is 0 Å². The average Bonchev–Trinajstić information content (AvgIpc) is 2.97. The Morgan fingerprint density at radius 3 is 2.70 bits per heavy atom. The lowest BCUT2D eigenvalue weighted by Crippen LogP contribution is -2.24. The zero-order valence-corrected chi connectivity index (χ0v) is 13.5. The highest BCUT2D eigenvalue weighted by atomic mass is 16.3. The molecule has 0 bridgehead atoms. The van der Waals surface area contributed by atoms with Crippen molar-refractivity contribution in [2.75, 3.05) is 13.6 Å². The zero-order chi connectivity index (χ0) is 14.5. The fraction of sp³-hybridized carbons (Fsp3) is 0.765. The second-order valence-electron chi connectivity index (χ2n) is 6.68. The maximum atomic E-state index is 5.90. The molecule has 2 rings (SSSR count). The third-order valence-electron chi connectivity index (χ3n) is 4.24. The topological polar surface area (TPSA) is 28.4 Å². The van der Waals surface area contributed by atoms with Gasteiger partial charge >= 0.3 is 0 Å². The Bertz CT molecular complexity index is 405. The van der Waals surface area contributed by atoms with Crippen molar-refractivity contribution >= 4 is 0 Å². The van der Waals surface area contributed by atoms with Crippen LogP contribution in [0.25, 0.3) is 0 Å². The van der Waals surface area contributed by atoms with Gasteiger partial charge in [0, 0.05) is 24.7 Å². The number of hydrogen-bond donors (Lipinski definition) is 1. The average molecular weight is 278 g/mol. The van der Waals surface area contributed by atoms with Crippen LogP contribution in [0, 0.1) is 12.8 Å². The van der Waals surface area contributed by atoms with Crippen molar-refractivity contribution in [3.8, 4) is 0 Å². The van der Waals surface area contributed by atoms with Crippen LogP contribution in [0.5, 0.6) is 0 Å². The van der Waals surface area contributed by atoms with E-state index in [2.05, 4.69) is 44.1 Å². The molecule has 1 aromatic heterocycles. The van der Waals surface area contributed by atoms with Crippen molar-refractivity contribution in [1.82, 2.24) is 10.2 Å². The molecule has 1 N–H and O–H groups in total. The Hall–Kier alpha value is -0.800. The molecule has 3 heteroatoms. The standard InChI is InChI=1S/C17H30N2O/c1-13(2)18-10-16-9-17(20-14(16)3)12-19(4)11-15-7-5-6-8-15/h9,13,15,18H,5-8,10-12H2,1-4H3. The number of aryl methyl sites for hydroxylation is 1. The number of nitrogens with zero attached hydrogens (tertiary/aromatic N) is 1. The highest BCUT2D eigenvalue weighted by molar-refractivity contribution is 5.20. The van der Waals surface area contributed by atoms with Crippen LogP contribution < -0.4 is 5.32 Å². The molecule has 1 heterocycles. The Labute approximate surface area is 123 Å². The SMILES string of the molecule is Cc1oc(CN(C)CC2CCCC2)cc1CNC(C)C. The number of rotatable bonds is 7. The summed E-state index contributed by atoms with van der Waals surface area (Å²) in [7, 11) is 2.21. The van der Waals surface area contributed by atoms with Crippen LogP contribution in [0.2, 0.25) is 0 Å². The van der Waals surface area contributed by atoms with Gasteiger partial charge in [0.05, 0.1) is 6.54 Å². The van der Waals surface area contributed by atoms with Crippen LogP contribution in [-0.4, -0.2) is 24.5 Å². The number of nitrogens with one attached hydrogen (secondary N) is 1. The van der Waals surface area contributed by atoms with E-state index in [-0.39, 0.29) is 0 Å². The highest BCUT2D eigenvalue weighted by Crippen LogP contribution is 2.26. The van der Waals surface area contributed by atoms with E-state index in [1.165, 1.54) is 37.8 Å². The van der Waals surface area contributed by atoms with Gasteiger partial charge in [0.2, 0.25) is 0 Å². The van der Waals surface area contributed by atoms with Crippen LogP contribution in [0.1, 0.15) is 56.6 Å². The van der Waals surface area contributed by atoms with E-state index >= 15 is 0 Å². The second-order valence-corrected chi connectivity index (χ2v) is 6.68. The first-order valence-corrected chi connectivity index (χ1v) is 8.04. The van der Waals surface area contributed by atoms with Crippen molar-refractivity contribution in [3.05, 3.63) is 23.2 Å². The summed E-state index contributed by atoms with van der Waals surface area (Å²) in [5, 5.41) is 3.45. The predicted molar refractivity (Wildman–Crippen MR) is 83.7 cm³/mol. The quantitative estimate of drug-likeness (QED) is 0.824. The molecule has 3 nitrogen and oxygen atoms in total. The third-order valence-corrected chi connectivity index (χ3v) is 4.24. The molecule has 0 spiro atoms. The lowest BCUT2D eigenvalue weighted by atomic mass is 10.1. The molecule has 1 fully saturated rings. The Balaban J connectivity index is 1.84. The third kappa shape index (κ3) is 4.64. The van der Waals surface area contributed by atoms with Crippen LogP contribution in [-0.2, 0) is 13.1 Å². The molecule has 1 aromatic rings. The van der Waals surface area contributed by atoms with Gasteiger partial charge in [-0.25, -0.2) is 0 Å². The molecule has 20 heavy (non-hydrogen) atoms. The van der Waals surface area contributed by atoms with E-state index in [0.29, 0.717) is 6.04 Å². The first kappa shape index (κ1) is 15.6. The summed E-state index contributed by atoms with van der Waals surface area (Å²) in [4.78, 5) is 2.41. The van der Waals surface area contributed by atoms with Crippen LogP contribution in [0.3, 0.4) is 0 Å². The zero-order valence-electron chi connectivity index (χ0n) is 13.5. The summed E-state index contributed by atoms with van der Waals surface area (Å²) >= 11 is 0. The van der Waals surface area contributed by atoms with E-state index in [1.807, 2.05) is 0 Å². The van der Waals surface area contributed by atoms with Gasteiger partial charge in [0.15, 0.2) is 0 Å². The van der Waals surface area contributed by atoms with Crippen LogP contribution in [0.15, 0.2) is 10.5 Å². The lowest BCUT2D eigenvalue weighted by Gasteiger charge is -2.19. The summed E-state index contributed by atoms with van der Waals surface area (Å²) in [6, 6.07) is 2.73. The smallest absolute Gasteiger partial charge is 0.118 e. The Morgan fingerprint density at radius 1 is 1.35 bits per heavy atom. The normalized spacial score (nSPS) is 16.7. The summed E-state index contributed by atoms with van der Waals surface area (Å²) in [6.07, 6.45) is 5.66. The molecule has 0 atom stereocenters. The van der Waals surface area contributed by atoms with E-state index in [4.69, 9.17) is 4.42 Å². The van der Waals surface area contributed by atoms with Crippen molar-refractivity contribution in [3.63, 3.8) is 0 Å². The van der Waals surface area contributed by atoms with Gasteiger partial charge in [0.1, 0.15) is 11.5 Å². The largest absolute Gasteiger partial charge is 0.465 e. The van der Waals surface area contributed by atoms with E-state index in [0.717, 1.165) is 30.5 Å². The Morgan fingerprint density at radius 2 is 2.05 bits per heavy atom. The monoisotopic (exact) mass is 278 g/mol. The summed E-state index contributed by atoms with van der Waals surface area (Å²) < 4.78 is 5.90. The molecule has 0 amide bonds. The van der Waals surface area contributed by atoms with Crippen LogP contribution in [0.4, 0.5) is 0 Å². The maximum Gasteiger partial charge on any atom is 0.118 e. The van der Waals surface area contributed by atoms with Gasteiger partial charge in [-0.3, -0.25) is 4.90 Å². The number of furan rings is 1. The molecule has 1 saturated carbocycles. The van der Waals surface area contributed by atoms with Gasteiger partial charge < -0.3 is 9.73 Å². The minimum atomic E-state index is 0.512. The van der Waals surface area contributed by atoms with Crippen molar-refractivity contribution in [1.29, 1.82) is 0 Å². The molecule has 0 saturated heterocycles. The molecular formula is C17H30N2O. The van der Waals surface area contributed by atoms with Crippen molar-refractivity contribution in [2.45, 2.75) is 65.6 Å². The van der Waals surface area contributed by atoms with Gasteiger partial charge in [-0.1, -0.05) is 26.7 Å². The minimum absolute atomic E-state index is 0.512. The summed E-state index contributed by atoms with van der Waals surface area (Å²) in [6.45, 7) is 9.45. The van der Waals surface area contributed by atoms with E-state index in [9.17, 15) is 0 Å². The molecular weight excluding hydrogens is 248 g/mol. The van der Waals surface area contributed by atoms with Crippen LogP contribution >= 0.6 is 0 Å². The summed E-state index contributed by atoms with van der Waals surface area (Å²) in [5.41, 5.74) is 1.29. The van der Waals surface area contributed by atoms with Gasteiger partial charge in [-0.2, -0.15) is 0 Å². The Kier molecular flexibility index (Phi) is 5.67. The van der Waals surface area contributed by atoms with Gasteiger partial charge in [-0.15, -0.1) is 0 Å². The van der Waals surface area contributed by atoms with Crippen molar-refractivity contribution in [2.24, 2.45) is 5.92 Å². The maximum absolute atomic E-state index is 5.90. The highest BCUT2D eigenvalue weighted by Gasteiger charge is 2.17. The van der Waals surface area contributed by atoms with Gasteiger partial charge in [-0.05, 0) is 38.8 Å². The molecule has 1 aliphatic rings. The second kappa shape index (κ2) is 7.28. The molecule has 0 aliphatic heterocycles. The molecule has 0 radical (unpaired) electrons. The van der Waals surface area contributed by atoms with Crippen molar-refractivity contribution < 1.29 is 4.42 Å². The van der Waals surface area contributed by atoms with E-state index in [1.54, 1.807) is 0 Å². The fourth-order valence-electron chi connectivity index (χ4n) is 3.12. The minimum Gasteiger partial charge on any atom is -0.465 e. The first-order valence-electron chi connectivity index (χ1n) is 8.04. The lowest BCUT2D eigenvalue weighted by molar-refractivity contribution is 0.249. The summed E-state index contributed by atoms with van der Waals surface area (Å²) in [5.74, 6) is 3.06. The molecule has 1 aliphatic carbocycles. The molecule has 114 valence electrons. The molecule has 0 unspecified atom stereocenters. The number of hydrogen-bond acceptors (Lipinski definition) is 3. The fourth-order valence-corrected chi connectivity index (χ4v) is 3.12. The predicted octanol–water partition coefficient (Wildman–Crippen LogP) is 3.71.